The molecule has 4 heteroatoms. The van der Waals surface area contributed by atoms with Crippen LogP contribution in [0.2, 0.25) is 5.02 Å². The highest BCUT2D eigenvalue weighted by Crippen LogP contribution is 2.26. The monoisotopic (exact) mass is 262 g/mol. The van der Waals surface area contributed by atoms with Crippen LogP contribution in [-0.4, -0.2) is 4.98 Å². The Hall–Kier alpha value is -1.74. The van der Waals surface area contributed by atoms with Crippen LogP contribution in [0.5, 0.6) is 5.75 Å². The SMILES string of the molecule is Cc1cc(OCc2ccc(N)nc2)cc(C)c1Cl. The number of aryl methyl sites for hydroxylation is 2. The van der Waals surface area contributed by atoms with Gasteiger partial charge in [-0.25, -0.2) is 4.98 Å². The Balaban J connectivity index is 2.08. The van der Waals surface area contributed by atoms with Gasteiger partial charge in [0.15, 0.2) is 0 Å². The molecule has 0 fully saturated rings. The van der Waals surface area contributed by atoms with Crippen molar-refractivity contribution in [2.45, 2.75) is 20.5 Å². The smallest absolute Gasteiger partial charge is 0.123 e. The number of aromatic nitrogens is 1. The summed E-state index contributed by atoms with van der Waals surface area (Å²) in [6, 6.07) is 7.52. The second-order valence-corrected chi connectivity index (χ2v) is 4.63. The fraction of sp³-hybridized carbons (Fsp3) is 0.214. The number of hydrogen-bond donors (Lipinski definition) is 1. The largest absolute Gasteiger partial charge is 0.489 e. The molecule has 0 aliphatic heterocycles. The molecule has 2 N–H and O–H groups in total. The van der Waals surface area contributed by atoms with Gasteiger partial charge in [0.2, 0.25) is 0 Å². The van der Waals surface area contributed by atoms with E-state index < -0.39 is 0 Å². The summed E-state index contributed by atoms with van der Waals surface area (Å²) in [7, 11) is 0. The van der Waals surface area contributed by atoms with Crippen LogP contribution in [0.25, 0.3) is 0 Å². The van der Waals surface area contributed by atoms with E-state index in [2.05, 4.69) is 4.98 Å². The van der Waals surface area contributed by atoms with Gasteiger partial charge in [-0.1, -0.05) is 17.7 Å². The van der Waals surface area contributed by atoms with E-state index in [-0.39, 0.29) is 0 Å². The van der Waals surface area contributed by atoms with Crippen LogP contribution in [0.4, 0.5) is 5.82 Å². The van der Waals surface area contributed by atoms with Gasteiger partial charge in [0, 0.05) is 16.8 Å². The fourth-order valence-electron chi connectivity index (χ4n) is 1.68. The first-order valence-corrected chi connectivity index (χ1v) is 6.04. The lowest BCUT2D eigenvalue weighted by atomic mass is 10.1. The van der Waals surface area contributed by atoms with Crippen molar-refractivity contribution in [1.29, 1.82) is 0 Å². The molecule has 0 bridgehead atoms. The molecule has 94 valence electrons. The molecule has 0 saturated heterocycles. The Kier molecular flexibility index (Phi) is 3.72. The number of ether oxygens (including phenoxy) is 1. The second kappa shape index (κ2) is 5.27. The van der Waals surface area contributed by atoms with E-state index in [4.69, 9.17) is 22.1 Å². The van der Waals surface area contributed by atoms with Crippen LogP contribution < -0.4 is 10.5 Å². The number of rotatable bonds is 3. The highest BCUT2D eigenvalue weighted by molar-refractivity contribution is 6.32. The number of nitrogens with zero attached hydrogens (tertiary/aromatic N) is 1. The molecule has 1 aromatic heterocycles. The van der Waals surface area contributed by atoms with Crippen LogP contribution >= 0.6 is 11.6 Å². The average molecular weight is 263 g/mol. The van der Waals surface area contributed by atoms with Crippen LogP contribution in [-0.2, 0) is 6.61 Å². The van der Waals surface area contributed by atoms with E-state index in [0.717, 1.165) is 27.5 Å². The van der Waals surface area contributed by atoms with Gasteiger partial charge in [-0.15, -0.1) is 0 Å². The number of pyridine rings is 1. The summed E-state index contributed by atoms with van der Waals surface area (Å²) in [5.74, 6) is 1.32. The topological polar surface area (TPSA) is 48.1 Å². The van der Waals surface area contributed by atoms with Gasteiger partial charge in [0.25, 0.3) is 0 Å². The number of nitrogen functional groups attached to an aromatic ring is 1. The normalized spacial score (nSPS) is 10.4. The minimum Gasteiger partial charge on any atom is -0.489 e. The quantitative estimate of drug-likeness (QED) is 0.921. The molecule has 3 nitrogen and oxygen atoms in total. The molecule has 2 aromatic rings. The zero-order chi connectivity index (χ0) is 13.1. The van der Waals surface area contributed by atoms with Crippen molar-refractivity contribution in [3.8, 4) is 5.75 Å². The molecule has 0 aliphatic rings. The fourth-order valence-corrected chi connectivity index (χ4v) is 1.79. The minimum atomic E-state index is 0.466. The molecule has 0 atom stereocenters. The summed E-state index contributed by atoms with van der Waals surface area (Å²) in [6.07, 6.45) is 1.71. The van der Waals surface area contributed by atoms with Crippen LogP contribution in [0.15, 0.2) is 30.5 Å². The highest BCUT2D eigenvalue weighted by Gasteiger charge is 2.04. The summed E-state index contributed by atoms with van der Waals surface area (Å²) < 4.78 is 5.71. The molecule has 1 heterocycles. The summed E-state index contributed by atoms with van der Waals surface area (Å²) in [5, 5.41) is 0.788. The van der Waals surface area contributed by atoms with E-state index in [1.54, 1.807) is 12.3 Å². The molecule has 0 radical (unpaired) electrons. The molecule has 0 unspecified atom stereocenters. The lowest BCUT2D eigenvalue weighted by Crippen LogP contribution is -1.98. The van der Waals surface area contributed by atoms with E-state index in [0.29, 0.717) is 12.4 Å². The molecule has 2 rings (SSSR count). The third-order valence-electron chi connectivity index (χ3n) is 2.66. The maximum Gasteiger partial charge on any atom is 0.123 e. The van der Waals surface area contributed by atoms with Crippen molar-refractivity contribution in [2.24, 2.45) is 0 Å². The number of anilines is 1. The van der Waals surface area contributed by atoms with Crippen molar-refractivity contribution in [2.75, 3.05) is 5.73 Å². The summed E-state index contributed by atoms with van der Waals surface area (Å²) >= 11 is 6.10. The number of benzene rings is 1. The Morgan fingerprint density at radius 1 is 1.22 bits per heavy atom. The van der Waals surface area contributed by atoms with Crippen LogP contribution in [0.3, 0.4) is 0 Å². The molecule has 0 aliphatic carbocycles. The van der Waals surface area contributed by atoms with Crippen LogP contribution in [0.1, 0.15) is 16.7 Å². The Bertz CT molecular complexity index is 529. The molecule has 0 spiro atoms. The van der Waals surface area contributed by atoms with E-state index in [1.165, 1.54) is 0 Å². The molecule has 0 saturated carbocycles. The van der Waals surface area contributed by atoms with E-state index in [9.17, 15) is 0 Å². The van der Waals surface area contributed by atoms with Gasteiger partial charge in [-0.3, -0.25) is 0 Å². The second-order valence-electron chi connectivity index (χ2n) is 4.25. The maximum absolute atomic E-state index is 6.10. The molecule has 18 heavy (non-hydrogen) atoms. The zero-order valence-corrected chi connectivity index (χ0v) is 11.2. The third-order valence-corrected chi connectivity index (χ3v) is 3.26. The summed E-state index contributed by atoms with van der Waals surface area (Å²) in [6.45, 7) is 4.40. The van der Waals surface area contributed by atoms with Gasteiger partial charge in [-0.2, -0.15) is 0 Å². The molecular formula is C14H15ClN2O. The first-order valence-electron chi connectivity index (χ1n) is 5.66. The number of nitrogens with two attached hydrogens (primary N) is 1. The summed E-state index contributed by atoms with van der Waals surface area (Å²) in [4.78, 5) is 4.02. The van der Waals surface area contributed by atoms with Gasteiger partial charge >= 0.3 is 0 Å². The molecule has 0 amide bonds. The van der Waals surface area contributed by atoms with Crippen molar-refractivity contribution >= 4 is 17.4 Å². The van der Waals surface area contributed by atoms with Crippen LogP contribution in [0, 0.1) is 13.8 Å². The average Bonchev–Trinajstić information content (AvgIpc) is 2.35. The molecular weight excluding hydrogens is 248 g/mol. The summed E-state index contributed by atoms with van der Waals surface area (Å²) in [5.41, 5.74) is 8.54. The predicted octanol–water partition coefficient (Wildman–Crippen LogP) is 3.51. The van der Waals surface area contributed by atoms with Crippen molar-refractivity contribution in [3.63, 3.8) is 0 Å². The van der Waals surface area contributed by atoms with Gasteiger partial charge < -0.3 is 10.5 Å². The molecule has 1 aromatic carbocycles. The van der Waals surface area contributed by atoms with Crippen molar-refractivity contribution in [1.82, 2.24) is 4.98 Å². The van der Waals surface area contributed by atoms with Gasteiger partial charge in [0.1, 0.15) is 18.2 Å². The maximum atomic E-state index is 6.10. The van der Waals surface area contributed by atoms with Crippen molar-refractivity contribution in [3.05, 3.63) is 52.2 Å². The lowest BCUT2D eigenvalue weighted by Gasteiger charge is -2.10. The Morgan fingerprint density at radius 2 is 1.89 bits per heavy atom. The van der Waals surface area contributed by atoms with E-state index >= 15 is 0 Å². The number of halogens is 1. The zero-order valence-electron chi connectivity index (χ0n) is 10.4. The first-order chi connectivity index (χ1) is 8.56. The first kappa shape index (κ1) is 12.7. The minimum absolute atomic E-state index is 0.466. The van der Waals surface area contributed by atoms with Gasteiger partial charge in [0.05, 0.1) is 0 Å². The van der Waals surface area contributed by atoms with E-state index in [1.807, 2.05) is 32.0 Å². The number of hydrogen-bond acceptors (Lipinski definition) is 3. The predicted molar refractivity (Wildman–Crippen MR) is 73.9 cm³/mol. The lowest BCUT2D eigenvalue weighted by molar-refractivity contribution is 0.305. The van der Waals surface area contributed by atoms with Gasteiger partial charge in [-0.05, 0) is 43.2 Å². The highest BCUT2D eigenvalue weighted by atomic mass is 35.5. The third kappa shape index (κ3) is 2.93. The van der Waals surface area contributed by atoms with Crippen molar-refractivity contribution < 1.29 is 4.74 Å². The standard InChI is InChI=1S/C14H15ClN2O/c1-9-5-12(6-10(2)14(9)15)18-8-11-3-4-13(16)17-7-11/h3-7H,8H2,1-2H3,(H2,16,17). The Morgan fingerprint density at radius 3 is 2.44 bits per heavy atom. The Labute approximate surface area is 112 Å².